The minimum absolute atomic E-state index is 0.248. The standard InChI is InChI=1S/C13H20N2O2S/c1-10(2)9-12(4)14-15-18(16,17)13-7-5-11(3)6-8-13/h5-10,14-15H,1-4H3. The van der Waals surface area contributed by atoms with Crippen LogP contribution in [0.25, 0.3) is 0 Å². The predicted molar refractivity (Wildman–Crippen MR) is 73.2 cm³/mol. The Morgan fingerprint density at radius 1 is 1.22 bits per heavy atom. The average molecular weight is 268 g/mol. The summed E-state index contributed by atoms with van der Waals surface area (Å²) in [7, 11) is -3.51. The third kappa shape index (κ3) is 4.50. The van der Waals surface area contributed by atoms with Gasteiger partial charge in [0.1, 0.15) is 0 Å². The second-order valence-corrected chi connectivity index (χ2v) is 6.32. The molecule has 0 heterocycles. The van der Waals surface area contributed by atoms with Gasteiger partial charge in [0.05, 0.1) is 4.90 Å². The van der Waals surface area contributed by atoms with Gasteiger partial charge < -0.3 is 5.43 Å². The molecule has 0 amide bonds. The van der Waals surface area contributed by atoms with Gasteiger partial charge in [-0.05, 0) is 31.9 Å². The maximum Gasteiger partial charge on any atom is 0.257 e. The largest absolute Gasteiger partial charge is 0.313 e. The van der Waals surface area contributed by atoms with Crippen LogP contribution >= 0.6 is 0 Å². The molecule has 1 aromatic rings. The fraction of sp³-hybridized carbons (Fsp3) is 0.385. The molecule has 0 fully saturated rings. The number of nitrogens with one attached hydrogen (secondary N) is 2. The quantitative estimate of drug-likeness (QED) is 0.806. The SMILES string of the molecule is CC(=CC(C)C)NNS(=O)(=O)c1ccc(C)cc1. The third-order valence-corrected chi connectivity index (χ3v) is 3.56. The van der Waals surface area contributed by atoms with Crippen LogP contribution in [0.15, 0.2) is 40.9 Å². The first-order valence-corrected chi connectivity index (χ1v) is 7.32. The predicted octanol–water partition coefficient (Wildman–Crippen LogP) is 2.34. The number of hydrogen-bond donors (Lipinski definition) is 2. The second-order valence-electron chi connectivity index (χ2n) is 4.64. The number of hydrogen-bond acceptors (Lipinski definition) is 3. The summed E-state index contributed by atoms with van der Waals surface area (Å²) < 4.78 is 23.9. The molecule has 4 nitrogen and oxygen atoms in total. The Kier molecular flexibility index (Phi) is 4.93. The number of benzene rings is 1. The van der Waals surface area contributed by atoms with Crippen molar-refractivity contribution < 1.29 is 8.42 Å². The third-order valence-electron chi connectivity index (χ3n) is 2.30. The molecule has 0 atom stereocenters. The van der Waals surface area contributed by atoms with Crippen molar-refractivity contribution in [1.82, 2.24) is 10.3 Å². The van der Waals surface area contributed by atoms with Crippen molar-refractivity contribution in [2.45, 2.75) is 32.6 Å². The van der Waals surface area contributed by atoms with Gasteiger partial charge in [-0.25, -0.2) is 8.42 Å². The van der Waals surface area contributed by atoms with Crippen LogP contribution in [-0.2, 0) is 10.0 Å². The summed E-state index contributed by atoms with van der Waals surface area (Å²) >= 11 is 0. The van der Waals surface area contributed by atoms with Crippen LogP contribution in [0.1, 0.15) is 26.3 Å². The maximum atomic E-state index is 11.9. The smallest absolute Gasteiger partial charge is 0.257 e. The fourth-order valence-electron chi connectivity index (χ4n) is 1.47. The number of hydrazine groups is 1. The molecule has 5 heteroatoms. The molecular formula is C13H20N2O2S. The minimum Gasteiger partial charge on any atom is -0.313 e. The molecule has 0 aliphatic heterocycles. The number of aryl methyl sites for hydroxylation is 1. The molecule has 1 rings (SSSR count). The Morgan fingerprint density at radius 3 is 2.28 bits per heavy atom. The van der Waals surface area contributed by atoms with E-state index in [0.29, 0.717) is 5.92 Å². The summed E-state index contributed by atoms with van der Waals surface area (Å²) in [5, 5.41) is 0. The lowest BCUT2D eigenvalue weighted by atomic mass is 10.2. The van der Waals surface area contributed by atoms with E-state index in [1.54, 1.807) is 24.3 Å². The first-order valence-electron chi connectivity index (χ1n) is 5.84. The molecule has 2 N–H and O–H groups in total. The molecule has 1 aromatic carbocycles. The van der Waals surface area contributed by atoms with E-state index in [2.05, 4.69) is 10.3 Å². The highest BCUT2D eigenvalue weighted by Crippen LogP contribution is 2.09. The number of allylic oxidation sites excluding steroid dienone is 2. The van der Waals surface area contributed by atoms with Gasteiger partial charge in [-0.1, -0.05) is 37.6 Å². The first kappa shape index (κ1) is 14.7. The Bertz CT molecular complexity index is 516. The van der Waals surface area contributed by atoms with Gasteiger partial charge in [-0.3, -0.25) is 0 Å². The van der Waals surface area contributed by atoms with E-state index < -0.39 is 10.0 Å². The maximum absolute atomic E-state index is 11.9. The van der Waals surface area contributed by atoms with Gasteiger partial charge in [0.2, 0.25) is 0 Å². The molecule has 0 spiro atoms. The molecule has 0 saturated heterocycles. The van der Waals surface area contributed by atoms with Crippen molar-refractivity contribution in [3.05, 3.63) is 41.6 Å². The summed E-state index contributed by atoms with van der Waals surface area (Å²) in [6, 6.07) is 6.71. The van der Waals surface area contributed by atoms with Crippen molar-refractivity contribution in [3.8, 4) is 0 Å². The zero-order valence-corrected chi connectivity index (χ0v) is 12.0. The van der Waals surface area contributed by atoms with Crippen LogP contribution in [-0.4, -0.2) is 8.42 Å². The minimum atomic E-state index is -3.51. The molecule has 0 unspecified atom stereocenters. The Morgan fingerprint density at radius 2 is 1.78 bits per heavy atom. The molecule has 0 aliphatic rings. The van der Waals surface area contributed by atoms with Crippen LogP contribution in [0.5, 0.6) is 0 Å². The summed E-state index contributed by atoms with van der Waals surface area (Å²) in [5.41, 5.74) is 4.49. The topological polar surface area (TPSA) is 58.2 Å². The molecule has 0 radical (unpaired) electrons. The molecule has 100 valence electrons. The van der Waals surface area contributed by atoms with E-state index in [9.17, 15) is 8.42 Å². The van der Waals surface area contributed by atoms with E-state index >= 15 is 0 Å². The Hall–Kier alpha value is -1.33. The summed E-state index contributed by atoms with van der Waals surface area (Å²) in [6.07, 6.45) is 1.94. The van der Waals surface area contributed by atoms with Crippen molar-refractivity contribution in [2.24, 2.45) is 5.92 Å². The lowest BCUT2D eigenvalue weighted by molar-refractivity contribution is 0.569. The summed E-state index contributed by atoms with van der Waals surface area (Å²) in [6.45, 7) is 7.79. The number of rotatable bonds is 5. The van der Waals surface area contributed by atoms with Crippen LogP contribution in [0, 0.1) is 12.8 Å². The van der Waals surface area contributed by atoms with Crippen LogP contribution < -0.4 is 10.3 Å². The summed E-state index contributed by atoms with van der Waals surface area (Å²) in [5.74, 6) is 0.362. The van der Waals surface area contributed by atoms with E-state index in [-0.39, 0.29) is 4.90 Å². The lowest BCUT2D eigenvalue weighted by Crippen LogP contribution is -2.36. The molecular weight excluding hydrogens is 248 g/mol. The van der Waals surface area contributed by atoms with Crippen LogP contribution in [0.2, 0.25) is 0 Å². The number of sulfonamides is 1. The first-order chi connectivity index (χ1) is 8.31. The molecule has 0 aliphatic carbocycles. The Labute approximate surface area is 109 Å². The average Bonchev–Trinajstić information content (AvgIpc) is 2.26. The highest BCUT2D eigenvalue weighted by Gasteiger charge is 2.12. The van der Waals surface area contributed by atoms with Crippen molar-refractivity contribution in [1.29, 1.82) is 0 Å². The zero-order chi connectivity index (χ0) is 13.8. The molecule has 18 heavy (non-hydrogen) atoms. The second kappa shape index (κ2) is 6.02. The van der Waals surface area contributed by atoms with Gasteiger partial charge in [-0.15, -0.1) is 4.83 Å². The molecule has 0 aromatic heterocycles. The van der Waals surface area contributed by atoms with Gasteiger partial charge >= 0.3 is 0 Å². The summed E-state index contributed by atoms with van der Waals surface area (Å²) in [4.78, 5) is 2.60. The fourth-order valence-corrected chi connectivity index (χ4v) is 2.37. The van der Waals surface area contributed by atoms with Crippen molar-refractivity contribution in [2.75, 3.05) is 0 Å². The van der Waals surface area contributed by atoms with Crippen molar-refractivity contribution >= 4 is 10.0 Å². The molecule has 0 bridgehead atoms. The highest BCUT2D eigenvalue weighted by atomic mass is 32.2. The van der Waals surface area contributed by atoms with E-state index in [0.717, 1.165) is 11.3 Å². The normalized spacial score (nSPS) is 12.8. The highest BCUT2D eigenvalue weighted by molar-refractivity contribution is 7.89. The van der Waals surface area contributed by atoms with Gasteiger partial charge in [-0.2, -0.15) is 0 Å². The zero-order valence-electron chi connectivity index (χ0n) is 11.2. The van der Waals surface area contributed by atoms with Gasteiger partial charge in [0.15, 0.2) is 0 Å². The van der Waals surface area contributed by atoms with Gasteiger partial charge in [0.25, 0.3) is 10.0 Å². The lowest BCUT2D eigenvalue weighted by Gasteiger charge is -2.10. The van der Waals surface area contributed by atoms with Crippen LogP contribution in [0.3, 0.4) is 0 Å². The van der Waals surface area contributed by atoms with E-state index in [1.807, 2.05) is 33.8 Å². The molecule has 0 saturated carbocycles. The van der Waals surface area contributed by atoms with E-state index in [4.69, 9.17) is 0 Å². The van der Waals surface area contributed by atoms with Gasteiger partial charge in [0, 0.05) is 5.70 Å². The Balaban J connectivity index is 2.74. The van der Waals surface area contributed by atoms with E-state index in [1.165, 1.54) is 0 Å². The van der Waals surface area contributed by atoms with Crippen LogP contribution in [0.4, 0.5) is 0 Å². The van der Waals surface area contributed by atoms with Crippen molar-refractivity contribution in [3.63, 3.8) is 0 Å². The monoisotopic (exact) mass is 268 g/mol.